The van der Waals surface area contributed by atoms with Crippen LogP contribution in [0.4, 0.5) is 0 Å². The summed E-state index contributed by atoms with van der Waals surface area (Å²) in [6.07, 6.45) is 5.64. The van der Waals surface area contributed by atoms with Gasteiger partial charge in [-0.2, -0.15) is 0 Å². The third-order valence-electron chi connectivity index (χ3n) is 1.96. The Morgan fingerprint density at radius 2 is 2.45 bits per heavy atom. The predicted octanol–water partition coefficient (Wildman–Crippen LogP) is 1.62. The Morgan fingerprint density at radius 1 is 1.73 bits per heavy atom. The molecule has 0 bridgehead atoms. The summed E-state index contributed by atoms with van der Waals surface area (Å²) in [4.78, 5) is 10.7. The van der Waals surface area contributed by atoms with Crippen molar-refractivity contribution in [1.29, 1.82) is 0 Å². The highest BCUT2D eigenvalue weighted by Gasteiger charge is 2.11. The first-order chi connectivity index (χ1) is 5.18. The molecule has 1 amide bonds. The summed E-state index contributed by atoms with van der Waals surface area (Å²) < 4.78 is 0. The van der Waals surface area contributed by atoms with Gasteiger partial charge in [0.15, 0.2) is 0 Å². The maximum Gasteiger partial charge on any atom is 0.217 e. The van der Waals surface area contributed by atoms with E-state index < -0.39 is 0 Å². The Kier molecular flexibility index (Phi) is 2.69. The lowest BCUT2D eigenvalue weighted by atomic mass is 9.97. The van der Waals surface area contributed by atoms with Gasteiger partial charge >= 0.3 is 0 Å². The summed E-state index contributed by atoms with van der Waals surface area (Å²) in [5.74, 6) is 0.0703. The standard InChI is InChI=1S/C9H15NO/c1-7-4-3-5-9(6-7)10-8(2)11/h6,9H,3-5H2,1-2H3,(H,10,11). The highest BCUT2D eigenvalue weighted by atomic mass is 16.1. The van der Waals surface area contributed by atoms with E-state index in [1.807, 2.05) is 0 Å². The van der Waals surface area contributed by atoms with Crippen LogP contribution in [0.25, 0.3) is 0 Å². The summed E-state index contributed by atoms with van der Waals surface area (Å²) in [5.41, 5.74) is 1.40. The highest BCUT2D eigenvalue weighted by Crippen LogP contribution is 2.16. The van der Waals surface area contributed by atoms with Gasteiger partial charge in [-0.05, 0) is 26.2 Å². The number of amides is 1. The summed E-state index contributed by atoms with van der Waals surface area (Å²) >= 11 is 0. The minimum Gasteiger partial charge on any atom is -0.350 e. The van der Waals surface area contributed by atoms with Crippen LogP contribution in [0.1, 0.15) is 33.1 Å². The predicted molar refractivity (Wildman–Crippen MR) is 45.2 cm³/mol. The van der Waals surface area contributed by atoms with Crippen molar-refractivity contribution in [1.82, 2.24) is 5.32 Å². The molecule has 2 heteroatoms. The van der Waals surface area contributed by atoms with Crippen molar-refractivity contribution in [2.45, 2.75) is 39.2 Å². The molecule has 62 valence electrons. The summed E-state index contributed by atoms with van der Waals surface area (Å²) in [6, 6.07) is 0.293. The molecule has 1 unspecified atom stereocenters. The average molecular weight is 153 g/mol. The van der Waals surface area contributed by atoms with Gasteiger partial charge in [0.2, 0.25) is 5.91 Å². The summed E-state index contributed by atoms with van der Waals surface area (Å²) in [5, 5.41) is 2.90. The molecule has 0 aromatic carbocycles. The summed E-state index contributed by atoms with van der Waals surface area (Å²) in [7, 11) is 0. The van der Waals surface area contributed by atoms with Crippen LogP contribution in [-0.4, -0.2) is 11.9 Å². The van der Waals surface area contributed by atoms with Crippen molar-refractivity contribution in [2.75, 3.05) is 0 Å². The average Bonchev–Trinajstić information content (AvgIpc) is 1.85. The fourth-order valence-corrected chi connectivity index (χ4v) is 1.49. The van der Waals surface area contributed by atoms with Crippen LogP contribution in [0, 0.1) is 0 Å². The lowest BCUT2D eigenvalue weighted by Crippen LogP contribution is -2.32. The molecule has 1 atom stereocenters. The fraction of sp³-hybridized carbons (Fsp3) is 0.667. The van der Waals surface area contributed by atoms with Crippen LogP contribution in [0.3, 0.4) is 0 Å². The zero-order chi connectivity index (χ0) is 8.27. The Morgan fingerprint density at radius 3 is 3.00 bits per heavy atom. The monoisotopic (exact) mass is 153 g/mol. The molecule has 0 aliphatic heterocycles. The summed E-state index contributed by atoms with van der Waals surface area (Å²) in [6.45, 7) is 3.69. The molecule has 1 rings (SSSR count). The van der Waals surface area contributed by atoms with Gasteiger partial charge in [-0.15, -0.1) is 0 Å². The Labute approximate surface area is 67.7 Å². The molecule has 0 saturated carbocycles. The smallest absolute Gasteiger partial charge is 0.217 e. The highest BCUT2D eigenvalue weighted by molar-refractivity contribution is 5.73. The maximum absolute atomic E-state index is 10.7. The number of nitrogens with one attached hydrogen (secondary N) is 1. The van der Waals surface area contributed by atoms with E-state index in [-0.39, 0.29) is 5.91 Å². The molecule has 0 aromatic heterocycles. The number of hydrogen-bond acceptors (Lipinski definition) is 1. The second kappa shape index (κ2) is 3.56. The molecule has 2 nitrogen and oxygen atoms in total. The molecular formula is C9H15NO. The van der Waals surface area contributed by atoms with Crippen molar-refractivity contribution in [3.8, 4) is 0 Å². The van der Waals surface area contributed by atoms with Crippen LogP contribution in [0.2, 0.25) is 0 Å². The quantitative estimate of drug-likeness (QED) is 0.570. The normalized spacial score (nSPS) is 24.2. The van der Waals surface area contributed by atoms with E-state index in [4.69, 9.17) is 0 Å². The second-order valence-corrected chi connectivity index (χ2v) is 3.21. The van der Waals surface area contributed by atoms with Gasteiger partial charge in [0.25, 0.3) is 0 Å². The van der Waals surface area contributed by atoms with Gasteiger partial charge in [-0.1, -0.05) is 11.6 Å². The van der Waals surface area contributed by atoms with E-state index in [1.165, 1.54) is 18.4 Å². The molecule has 1 aliphatic carbocycles. The molecular weight excluding hydrogens is 138 g/mol. The largest absolute Gasteiger partial charge is 0.350 e. The lowest BCUT2D eigenvalue weighted by Gasteiger charge is -2.19. The number of allylic oxidation sites excluding steroid dienone is 1. The van der Waals surface area contributed by atoms with Crippen molar-refractivity contribution < 1.29 is 4.79 Å². The SMILES string of the molecule is CC(=O)NC1C=C(C)CCC1. The van der Waals surface area contributed by atoms with Gasteiger partial charge in [-0.25, -0.2) is 0 Å². The van der Waals surface area contributed by atoms with E-state index >= 15 is 0 Å². The number of rotatable bonds is 1. The van der Waals surface area contributed by atoms with E-state index in [2.05, 4.69) is 18.3 Å². The lowest BCUT2D eigenvalue weighted by molar-refractivity contribution is -0.119. The van der Waals surface area contributed by atoms with Gasteiger partial charge in [-0.3, -0.25) is 4.79 Å². The third kappa shape index (κ3) is 2.74. The molecule has 0 aromatic rings. The fourth-order valence-electron chi connectivity index (χ4n) is 1.49. The van der Waals surface area contributed by atoms with E-state index in [9.17, 15) is 4.79 Å². The molecule has 0 radical (unpaired) electrons. The minimum atomic E-state index is 0.0703. The number of hydrogen-bond donors (Lipinski definition) is 1. The zero-order valence-electron chi connectivity index (χ0n) is 7.18. The maximum atomic E-state index is 10.7. The van der Waals surface area contributed by atoms with Gasteiger partial charge in [0.05, 0.1) is 0 Å². The topological polar surface area (TPSA) is 29.1 Å². The van der Waals surface area contributed by atoms with Crippen LogP contribution >= 0.6 is 0 Å². The van der Waals surface area contributed by atoms with Crippen molar-refractivity contribution >= 4 is 5.91 Å². The molecule has 0 fully saturated rings. The first kappa shape index (κ1) is 8.31. The van der Waals surface area contributed by atoms with E-state index in [1.54, 1.807) is 6.92 Å². The minimum absolute atomic E-state index is 0.0703. The van der Waals surface area contributed by atoms with Gasteiger partial charge < -0.3 is 5.32 Å². The van der Waals surface area contributed by atoms with Gasteiger partial charge in [0, 0.05) is 13.0 Å². The third-order valence-corrected chi connectivity index (χ3v) is 1.96. The van der Waals surface area contributed by atoms with Crippen LogP contribution in [0.15, 0.2) is 11.6 Å². The second-order valence-electron chi connectivity index (χ2n) is 3.21. The molecule has 0 saturated heterocycles. The number of carbonyl (C=O) groups excluding carboxylic acids is 1. The van der Waals surface area contributed by atoms with E-state index in [0.29, 0.717) is 6.04 Å². The molecule has 0 heterocycles. The van der Waals surface area contributed by atoms with Gasteiger partial charge in [0.1, 0.15) is 0 Å². The van der Waals surface area contributed by atoms with Crippen molar-refractivity contribution in [3.63, 3.8) is 0 Å². The molecule has 11 heavy (non-hydrogen) atoms. The first-order valence-corrected chi connectivity index (χ1v) is 4.13. The molecule has 0 spiro atoms. The Bertz CT molecular complexity index is 184. The molecule has 1 N–H and O–H groups in total. The van der Waals surface area contributed by atoms with E-state index in [0.717, 1.165) is 6.42 Å². The number of carbonyl (C=O) groups is 1. The zero-order valence-corrected chi connectivity index (χ0v) is 7.18. The van der Waals surface area contributed by atoms with Crippen LogP contribution < -0.4 is 5.32 Å². The Balaban J connectivity index is 2.46. The molecule has 1 aliphatic rings. The van der Waals surface area contributed by atoms with Crippen LogP contribution in [-0.2, 0) is 4.79 Å². The van der Waals surface area contributed by atoms with Crippen molar-refractivity contribution in [2.24, 2.45) is 0 Å². The Hall–Kier alpha value is -0.790. The van der Waals surface area contributed by atoms with Crippen LogP contribution in [0.5, 0.6) is 0 Å². The van der Waals surface area contributed by atoms with Crippen molar-refractivity contribution in [3.05, 3.63) is 11.6 Å². The first-order valence-electron chi connectivity index (χ1n) is 4.13.